The van der Waals surface area contributed by atoms with Crippen molar-refractivity contribution in [3.63, 3.8) is 0 Å². The Hall–Kier alpha value is -3.34. The maximum absolute atomic E-state index is 11.0. The monoisotopic (exact) mass is 581 g/mol. The number of aromatic hydroxyl groups is 1. The molecule has 0 radical (unpaired) electrons. The van der Waals surface area contributed by atoms with Gasteiger partial charge in [0.15, 0.2) is 6.04 Å². The summed E-state index contributed by atoms with van der Waals surface area (Å²) < 4.78 is 7.11. The summed E-state index contributed by atoms with van der Waals surface area (Å²) >= 11 is 6.40. The Bertz CT molecular complexity index is 1670. The molecule has 1 aromatic heterocycles. The van der Waals surface area contributed by atoms with Crippen LogP contribution in [0, 0.1) is 0 Å². The van der Waals surface area contributed by atoms with E-state index in [4.69, 9.17) is 15.6 Å². The molecule has 0 saturated carbocycles. The van der Waals surface area contributed by atoms with Crippen molar-refractivity contribution in [3.05, 3.63) is 70.1 Å². The molecule has 1 unspecified atom stereocenters. The highest BCUT2D eigenvalue weighted by atomic mass is 79.9. The van der Waals surface area contributed by atoms with Crippen molar-refractivity contribution in [3.8, 4) is 11.5 Å². The number of aliphatic imine (C=N–C) groups is 1. The lowest BCUT2D eigenvalue weighted by atomic mass is 10.1. The second kappa shape index (κ2) is 9.96. The van der Waals surface area contributed by atoms with Crippen LogP contribution in [0.15, 0.2) is 70.1 Å². The number of fused-ring (bicyclic) bond motifs is 4. The molecule has 182 valence electrons. The Morgan fingerprint density at radius 2 is 1.83 bits per heavy atom. The molecule has 0 saturated heterocycles. The predicted octanol–water partition coefficient (Wildman–Crippen LogP) is 6.29. The molecular weight excluding hydrogens is 562 g/mol. The smallest absolute Gasteiger partial charge is 0.329 e. The number of hydrogen-bond donors (Lipinski definition) is 3. The molecule has 1 aliphatic rings. The van der Waals surface area contributed by atoms with Crippen LogP contribution in [0.1, 0.15) is 5.01 Å². The lowest BCUT2D eigenvalue weighted by Gasteiger charge is -2.05. The van der Waals surface area contributed by atoms with Crippen molar-refractivity contribution in [1.29, 1.82) is 0 Å². The first-order chi connectivity index (χ1) is 17.3. The van der Waals surface area contributed by atoms with E-state index in [1.165, 1.54) is 23.1 Å². The van der Waals surface area contributed by atoms with Crippen molar-refractivity contribution in [2.24, 2.45) is 4.99 Å². The number of aliphatic carboxylic acids is 1. The summed E-state index contributed by atoms with van der Waals surface area (Å²) in [6.07, 6.45) is 0. The number of carbonyl (C=O) groups is 1. The second-order valence-corrected chi connectivity index (χ2v) is 10.8. The number of hydrogen-bond acceptors (Lipinski definition) is 8. The van der Waals surface area contributed by atoms with Crippen LogP contribution in [-0.4, -0.2) is 45.1 Å². The minimum atomic E-state index is -0.899. The summed E-state index contributed by atoms with van der Waals surface area (Å²) in [6.45, 7) is 0. The van der Waals surface area contributed by atoms with Crippen LogP contribution in [0.2, 0.25) is 0 Å². The lowest BCUT2D eigenvalue weighted by Crippen LogP contribution is -2.17. The van der Waals surface area contributed by atoms with Gasteiger partial charge >= 0.3 is 5.97 Å². The van der Waals surface area contributed by atoms with Gasteiger partial charge in [-0.25, -0.2) is 9.78 Å². The van der Waals surface area contributed by atoms with E-state index in [9.17, 15) is 9.90 Å². The quantitative estimate of drug-likeness (QED) is 0.214. The Morgan fingerprint density at radius 3 is 2.58 bits per heavy atom. The number of phenols is 1. The molecule has 10 heteroatoms. The molecule has 5 aromatic rings. The fourth-order valence-electron chi connectivity index (χ4n) is 3.82. The zero-order chi connectivity index (χ0) is 25.4. The highest BCUT2D eigenvalue weighted by Gasteiger charge is 2.27. The number of thioether (sulfide) groups is 1. The van der Waals surface area contributed by atoms with Gasteiger partial charge in [0, 0.05) is 21.3 Å². The number of nitrogen functional groups attached to an aromatic ring is 1. The maximum atomic E-state index is 11.0. The van der Waals surface area contributed by atoms with E-state index in [1.54, 1.807) is 19.2 Å². The molecule has 0 aliphatic carbocycles. The summed E-state index contributed by atoms with van der Waals surface area (Å²) in [7, 11) is 1.66. The van der Waals surface area contributed by atoms with Gasteiger partial charge in [-0.1, -0.05) is 12.1 Å². The molecule has 4 aromatic carbocycles. The first kappa shape index (κ1) is 24.4. The standard InChI is InChI=1S/C15H10N2O3S2.C11H10BrNO/c18-8-2-3-9-7(5-8)1-4-10-12(9)22-14(16-10)13-17-11(6-21-13)15(19)20;1-14-8-3-4-9-7(6-8)2-5-10(13)11(9)12/h1-5,11,18H,6H2,(H,19,20);2-6H,13H2,1H3. The van der Waals surface area contributed by atoms with Crippen molar-refractivity contribution in [1.82, 2.24) is 4.98 Å². The number of halogens is 1. The number of aromatic nitrogens is 1. The summed E-state index contributed by atoms with van der Waals surface area (Å²) in [4.78, 5) is 19.8. The van der Waals surface area contributed by atoms with E-state index < -0.39 is 12.0 Å². The van der Waals surface area contributed by atoms with Gasteiger partial charge < -0.3 is 20.7 Å². The van der Waals surface area contributed by atoms with E-state index in [2.05, 4.69) is 25.9 Å². The van der Waals surface area contributed by atoms with Crippen LogP contribution in [0.25, 0.3) is 31.8 Å². The molecule has 6 rings (SSSR count). The van der Waals surface area contributed by atoms with Crippen molar-refractivity contribution in [2.75, 3.05) is 18.6 Å². The van der Waals surface area contributed by atoms with Crippen LogP contribution in [0.5, 0.6) is 11.5 Å². The van der Waals surface area contributed by atoms with Crippen molar-refractivity contribution >= 4 is 87.5 Å². The third-order valence-electron chi connectivity index (χ3n) is 5.66. The zero-order valence-electron chi connectivity index (χ0n) is 18.9. The van der Waals surface area contributed by atoms with E-state index in [-0.39, 0.29) is 5.75 Å². The Morgan fingerprint density at radius 1 is 1.08 bits per heavy atom. The number of anilines is 1. The second-order valence-electron chi connectivity index (χ2n) is 7.99. The number of methoxy groups -OCH3 is 1. The Balaban J connectivity index is 0.000000165. The van der Waals surface area contributed by atoms with Gasteiger partial charge in [0.25, 0.3) is 0 Å². The van der Waals surface area contributed by atoms with Gasteiger partial charge in [-0.15, -0.1) is 23.1 Å². The van der Waals surface area contributed by atoms with E-state index >= 15 is 0 Å². The SMILES string of the molecule is COc1ccc2c(Br)c(N)ccc2c1.O=C(O)C1CSC(c2nc3ccc4cc(O)ccc4c3s2)=N1. The van der Waals surface area contributed by atoms with Crippen LogP contribution in [0.3, 0.4) is 0 Å². The molecular formula is C26H20BrN3O4S2. The molecule has 4 N–H and O–H groups in total. The van der Waals surface area contributed by atoms with Crippen LogP contribution in [0.4, 0.5) is 5.69 Å². The molecule has 0 bridgehead atoms. The van der Waals surface area contributed by atoms with Crippen molar-refractivity contribution < 1.29 is 19.7 Å². The Kier molecular flexibility index (Phi) is 6.74. The maximum Gasteiger partial charge on any atom is 0.329 e. The van der Waals surface area contributed by atoms with Gasteiger partial charge in [0.05, 0.1) is 17.3 Å². The minimum absolute atomic E-state index is 0.233. The van der Waals surface area contributed by atoms with Gasteiger partial charge in [-0.3, -0.25) is 4.99 Å². The molecule has 0 spiro atoms. The summed E-state index contributed by atoms with van der Waals surface area (Å²) in [6, 6.07) is 18.2. The number of nitrogens with zero attached hydrogens (tertiary/aromatic N) is 2. The molecule has 1 atom stereocenters. The third-order valence-corrected chi connectivity index (χ3v) is 8.84. The third kappa shape index (κ3) is 4.71. The molecule has 2 heterocycles. The van der Waals surface area contributed by atoms with Crippen LogP contribution >= 0.6 is 39.0 Å². The lowest BCUT2D eigenvalue weighted by molar-refractivity contribution is -0.137. The first-order valence-corrected chi connectivity index (χ1v) is 13.4. The van der Waals surface area contributed by atoms with E-state index in [1.807, 2.05) is 48.5 Å². The molecule has 36 heavy (non-hydrogen) atoms. The van der Waals surface area contributed by atoms with Crippen LogP contribution in [-0.2, 0) is 4.79 Å². The fourth-order valence-corrected chi connectivity index (χ4v) is 6.51. The zero-order valence-corrected chi connectivity index (χ0v) is 22.2. The molecule has 1 aliphatic heterocycles. The highest BCUT2D eigenvalue weighted by Crippen LogP contribution is 2.35. The van der Waals surface area contributed by atoms with Crippen molar-refractivity contribution in [2.45, 2.75) is 6.04 Å². The molecule has 0 fully saturated rings. The number of thiazole rings is 1. The first-order valence-electron chi connectivity index (χ1n) is 10.8. The minimum Gasteiger partial charge on any atom is -0.508 e. The normalized spacial score (nSPS) is 15.1. The average molecular weight is 583 g/mol. The number of carboxylic acids is 1. The highest BCUT2D eigenvalue weighted by molar-refractivity contribution is 9.10. The number of ether oxygens (including phenoxy) is 1. The summed E-state index contributed by atoms with van der Waals surface area (Å²) in [5, 5.41) is 24.2. The molecule has 7 nitrogen and oxygen atoms in total. The number of phenolic OH excluding ortho intramolecular Hbond substituents is 1. The number of rotatable bonds is 3. The fraction of sp³-hybridized carbons (Fsp3) is 0.115. The largest absolute Gasteiger partial charge is 0.508 e. The van der Waals surface area contributed by atoms with E-state index in [0.717, 1.165) is 52.7 Å². The summed E-state index contributed by atoms with van der Waals surface area (Å²) in [5.74, 6) is 0.644. The summed E-state index contributed by atoms with van der Waals surface area (Å²) in [5.41, 5.74) is 7.39. The number of carboxylic acid groups (broad SMARTS) is 1. The number of benzene rings is 4. The average Bonchev–Trinajstić information content (AvgIpc) is 3.54. The predicted molar refractivity (Wildman–Crippen MR) is 152 cm³/mol. The van der Waals surface area contributed by atoms with E-state index in [0.29, 0.717) is 10.8 Å². The van der Waals surface area contributed by atoms with Crippen LogP contribution < -0.4 is 10.5 Å². The van der Waals surface area contributed by atoms with Gasteiger partial charge in [-0.2, -0.15) is 0 Å². The van der Waals surface area contributed by atoms with Gasteiger partial charge in [0.1, 0.15) is 21.6 Å². The topological polar surface area (TPSA) is 118 Å². The molecule has 0 amide bonds. The Labute approximate surface area is 222 Å². The van der Waals surface area contributed by atoms with Gasteiger partial charge in [-0.05, 0) is 80.6 Å². The number of nitrogens with two attached hydrogens (primary N) is 1. The van der Waals surface area contributed by atoms with Gasteiger partial charge in [0.2, 0.25) is 0 Å².